The quantitative estimate of drug-likeness (QED) is 0.742. The fraction of sp³-hybridized carbons (Fsp3) is 0.545. The van der Waals surface area contributed by atoms with Crippen molar-refractivity contribution >= 4 is 17.7 Å². The van der Waals surface area contributed by atoms with Crippen molar-refractivity contribution < 1.29 is 14.3 Å². The van der Waals surface area contributed by atoms with Crippen LogP contribution in [0.25, 0.3) is 0 Å². The molecule has 0 bridgehead atoms. The van der Waals surface area contributed by atoms with E-state index in [4.69, 9.17) is 5.73 Å². The highest BCUT2D eigenvalue weighted by Crippen LogP contribution is 2.14. The van der Waals surface area contributed by atoms with Gasteiger partial charge in [0.05, 0.1) is 19.0 Å². The summed E-state index contributed by atoms with van der Waals surface area (Å²) in [5.74, 6) is -0.165. The Kier molecular flexibility index (Phi) is 3.59. The summed E-state index contributed by atoms with van der Waals surface area (Å²) in [4.78, 5) is 26.9. The number of aromatic nitrogens is 2. The molecule has 1 aromatic rings. The number of hydrogen-bond acceptors (Lipinski definition) is 5. The maximum absolute atomic E-state index is 12.3. The molecular formula is C11H17N5O3. The molecule has 2 heterocycles. The maximum Gasteiger partial charge on any atom is 0.409 e. The van der Waals surface area contributed by atoms with Crippen LogP contribution >= 0.6 is 0 Å². The second kappa shape index (κ2) is 5.17. The van der Waals surface area contributed by atoms with Crippen molar-refractivity contribution in [1.82, 2.24) is 19.6 Å². The third kappa shape index (κ3) is 2.47. The lowest BCUT2D eigenvalue weighted by Crippen LogP contribution is -2.50. The normalized spacial score (nSPS) is 15.5. The van der Waals surface area contributed by atoms with Crippen LogP contribution in [0.3, 0.4) is 0 Å². The molecule has 2 amide bonds. The molecule has 19 heavy (non-hydrogen) atoms. The molecule has 0 aromatic carbocycles. The molecule has 1 aromatic heterocycles. The molecule has 8 nitrogen and oxygen atoms in total. The molecular weight excluding hydrogens is 250 g/mol. The zero-order valence-electron chi connectivity index (χ0n) is 11.0. The number of nitrogen functional groups attached to an aromatic ring is 1. The zero-order valence-corrected chi connectivity index (χ0v) is 11.0. The van der Waals surface area contributed by atoms with Gasteiger partial charge in [0.2, 0.25) is 0 Å². The van der Waals surface area contributed by atoms with Crippen molar-refractivity contribution in [3.05, 3.63) is 11.9 Å². The fourth-order valence-electron chi connectivity index (χ4n) is 2.09. The first-order chi connectivity index (χ1) is 9.04. The summed E-state index contributed by atoms with van der Waals surface area (Å²) in [6, 6.07) is 0. The van der Waals surface area contributed by atoms with E-state index >= 15 is 0 Å². The molecule has 2 N–H and O–H groups in total. The fourth-order valence-corrected chi connectivity index (χ4v) is 2.09. The average Bonchev–Trinajstić information content (AvgIpc) is 2.77. The van der Waals surface area contributed by atoms with Crippen LogP contribution in [-0.4, -0.2) is 64.9 Å². The van der Waals surface area contributed by atoms with Gasteiger partial charge in [0.15, 0.2) is 0 Å². The summed E-state index contributed by atoms with van der Waals surface area (Å²) in [5, 5.41) is 3.95. The Hall–Kier alpha value is -2.25. The van der Waals surface area contributed by atoms with Crippen LogP contribution in [0, 0.1) is 0 Å². The lowest BCUT2D eigenvalue weighted by atomic mass is 10.2. The van der Waals surface area contributed by atoms with Crippen molar-refractivity contribution in [2.24, 2.45) is 7.05 Å². The van der Waals surface area contributed by atoms with E-state index in [1.54, 1.807) is 16.8 Å². The molecule has 0 aliphatic carbocycles. The van der Waals surface area contributed by atoms with Crippen LogP contribution < -0.4 is 5.73 Å². The molecule has 0 atom stereocenters. The van der Waals surface area contributed by atoms with E-state index in [2.05, 4.69) is 9.84 Å². The van der Waals surface area contributed by atoms with Crippen LogP contribution in [0.2, 0.25) is 0 Å². The molecule has 0 saturated carbocycles. The van der Waals surface area contributed by atoms with Gasteiger partial charge < -0.3 is 20.3 Å². The first-order valence-corrected chi connectivity index (χ1v) is 5.94. The number of nitrogens with two attached hydrogens (primary N) is 1. The van der Waals surface area contributed by atoms with Gasteiger partial charge in [-0.15, -0.1) is 0 Å². The predicted molar refractivity (Wildman–Crippen MR) is 67.5 cm³/mol. The second-order valence-corrected chi connectivity index (χ2v) is 4.32. The summed E-state index contributed by atoms with van der Waals surface area (Å²) >= 11 is 0. The van der Waals surface area contributed by atoms with Crippen molar-refractivity contribution in [3.8, 4) is 0 Å². The van der Waals surface area contributed by atoms with Crippen LogP contribution in [0.4, 0.5) is 10.5 Å². The third-order valence-corrected chi connectivity index (χ3v) is 3.17. The Morgan fingerprint density at radius 1 is 1.26 bits per heavy atom. The molecule has 1 saturated heterocycles. The highest BCUT2D eigenvalue weighted by molar-refractivity contribution is 5.97. The van der Waals surface area contributed by atoms with Crippen LogP contribution in [0.15, 0.2) is 6.20 Å². The summed E-state index contributed by atoms with van der Waals surface area (Å²) in [6.45, 7) is 1.82. The van der Waals surface area contributed by atoms with E-state index in [9.17, 15) is 9.59 Å². The van der Waals surface area contributed by atoms with Gasteiger partial charge >= 0.3 is 6.09 Å². The van der Waals surface area contributed by atoms with Gasteiger partial charge in [0, 0.05) is 33.2 Å². The van der Waals surface area contributed by atoms with Crippen molar-refractivity contribution in [2.75, 3.05) is 39.0 Å². The largest absolute Gasteiger partial charge is 0.453 e. The number of carbonyl (C=O) groups excluding carboxylic acids is 2. The molecule has 0 spiro atoms. The molecule has 0 radical (unpaired) electrons. The molecule has 1 aliphatic rings. The number of rotatable bonds is 1. The minimum atomic E-state index is -0.368. The van der Waals surface area contributed by atoms with Crippen LogP contribution in [0.5, 0.6) is 0 Å². The Morgan fingerprint density at radius 2 is 1.84 bits per heavy atom. The standard InChI is InChI=1S/C11H17N5O3/c1-14-9(8(12)7-13-14)10(17)15-3-5-16(6-4-15)11(18)19-2/h7H,3-6,12H2,1-2H3. The van der Waals surface area contributed by atoms with E-state index in [1.165, 1.54) is 18.0 Å². The first kappa shape index (κ1) is 13.2. The number of nitrogens with zero attached hydrogens (tertiary/aromatic N) is 4. The van der Waals surface area contributed by atoms with Crippen LogP contribution in [0.1, 0.15) is 10.5 Å². The van der Waals surface area contributed by atoms with Gasteiger partial charge in [0.25, 0.3) is 5.91 Å². The molecule has 1 aliphatic heterocycles. The number of methoxy groups -OCH3 is 1. The monoisotopic (exact) mass is 267 g/mol. The van der Waals surface area contributed by atoms with E-state index in [0.29, 0.717) is 37.6 Å². The Bertz CT molecular complexity index is 471. The van der Waals surface area contributed by atoms with E-state index in [-0.39, 0.29) is 12.0 Å². The number of aryl methyl sites for hydroxylation is 1. The highest BCUT2D eigenvalue weighted by Gasteiger charge is 2.27. The Labute approximate surface area is 110 Å². The predicted octanol–water partition coefficient (Wildman–Crippen LogP) is -0.473. The van der Waals surface area contributed by atoms with Gasteiger partial charge in [-0.3, -0.25) is 9.48 Å². The minimum absolute atomic E-state index is 0.165. The SMILES string of the molecule is COC(=O)N1CCN(C(=O)c2c(N)cnn2C)CC1. The summed E-state index contributed by atoms with van der Waals surface area (Å²) in [6.07, 6.45) is 1.09. The summed E-state index contributed by atoms with van der Waals surface area (Å²) in [5.41, 5.74) is 6.48. The zero-order chi connectivity index (χ0) is 14.0. The van der Waals surface area contributed by atoms with Gasteiger partial charge in [-0.2, -0.15) is 5.10 Å². The van der Waals surface area contributed by atoms with Crippen molar-refractivity contribution in [3.63, 3.8) is 0 Å². The van der Waals surface area contributed by atoms with E-state index < -0.39 is 0 Å². The van der Waals surface area contributed by atoms with Crippen molar-refractivity contribution in [2.45, 2.75) is 0 Å². The Balaban J connectivity index is 2.02. The number of hydrogen-bond donors (Lipinski definition) is 1. The molecule has 1 fully saturated rings. The van der Waals surface area contributed by atoms with Gasteiger partial charge in [-0.25, -0.2) is 4.79 Å². The number of carbonyl (C=O) groups is 2. The smallest absolute Gasteiger partial charge is 0.409 e. The third-order valence-electron chi connectivity index (χ3n) is 3.17. The molecule has 104 valence electrons. The first-order valence-electron chi connectivity index (χ1n) is 5.94. The Morgan fingerprint density at radius 3 is 2.32 bits per heavy atom. The highest BCUT2D eigenvalue weighted by atomic mass is 16.5. The van der Waals surface area contributed by atoms with Gasteiger partial charge in [-0.05, 0) is 0 Å². The molecule has 0 unspecified atom stereocenters. The molecule has 8 heteroatoms. The van der Waals surface area contributed by atoms with E-state index in [0.717, 1.165) is 0 Å². The van der Waals surface area contributed by atoms with Crippen molar-refractivity contribution in [1.29, 1.82) is 0 Å². The number of piperazine rings is 1. The molecule has 2 rings (SSSR count). The lowest BCUT2D eigenvalue weighted by molar-refractivity contribution is 0.0591. The maximum atomic E-state index is 12.3. The number of anilines is 1. The lowest BCUT2D eigenvalue weighted by Gasteiger charge is -2.33. The van der Waals surface area contributed by atoms with Gasteiger partial charge in [-0.1, -0.05) is 0 Å². The van der Waals surface area contributed by atoms with Gasteiger partial charge in [0.1, 0.15) is 5.69 Å². The van der Waals surface area contributed by atoms with Crippen LogP contribution in [-0.2, 0) is 11.8 Å². The number of ether oxygens (including phenoxy) is 1. The summed E-state index contributed by atoms with van der Waals surface area (Å²) < 4.78 is 6.11. The topological polar surface area (TPSA) is 93.7 Å². The number of amides is 2. The average molecular weight is 267 g/mol. The second-order valence-electron chi connectivity index (χ2n) is 4.32. The van der Waals surface area contributed by atoms with E-state index in [1.807, 2.05) is 0 Å². The minimum Gasteiger partial charge on any atom is -0.453 e. The summed E-state index contributed by atoms with van der Waals surface area (Å²) in [7, 11) is 3.02.